The molecule has 3 rings (SSSR count). The zero-order chi connectivity index (χ0) is 17.5. The van der Waals surface area contributed by atoms with Crippen molar-refractivity contribution in [2.75, 3.05) is 11.9 Å². The summed E-state index contributed by atoms with van der Waals surface area (Å²) in [5.74, 6) is 0.953. The van der Waals surface area contributed by atoms with Crippen molar-refractivity contribution in [3.05, 3.63) is 24.3 Å². The molecule has 5 nitrogen and oxygen atoms in total. The van der Waals surface area contributed by atoms with Crippen molar-refractivity contribution >= 4 is 17.5 Å². The zero-order valence-corrected chi connectivity index (χ0v) is 14.8. The van der Waals surface area contributed by atoms with E-state index < -0.39 is 0 Å². The summed E-state index contributed by atoms with van der Waals surface area (Å²) >= 11 is 0. The molecule has 0 unspecified atom stereocenters. The van der Waals surface area contributed by atoms with Gasteiger partial charge in [0.15, 0.2) is 0 Å². The van der Waals surface area contributed by atoms with E-state index in [0.29, 0.717) is 12.6 Å². The fourth-order valence-electron chi connectivity index (χ4n) is 3.70. The Hall–Kier alpha value is -2.04. The lowest BCUT2D eigenvalue weighted by molar-refractivity contribution is -0.124. The first kappa shape index (κ1) is 17.8. The minimum Gasteiger partial charge on any atom is -0.490 e. The van der Waals surface area contributed by atoms with E-state index in [0.717, 1.165) is 50.0 Å². The summed E-state index contributed by atoms with van der Waals surface area (Å²) in [5, 5.41) is 5.76. The molecule has 25 heavy (non-hydrogen) atoms. The van der Waals surface area contributed by atoms with Gasteiger partial charge in [0.2, 0.25) is 11.8 Å². The molecule has 0 saturated heterocycles. The third kappa shape index (κ3) is 5.48. The fourth-order valence-corrected chi connectivity index (χ4v) is 3.70. The van der Waals surface area contributed by atoms with E-state index in [-0.39, 0.29) is 24.2 Å². The number of rotatable bonds is 7. The fraction of sp³-hybridized carbons (Fsp3) is 0.600. The average Bonchev–Trinajstić information content (AvgIpc) is 3.28. The second kappa shape index (κ2) is 8.88. The predicted molar refractivity (Wildman–Crippen MR) is 97.5 cm³/mol. The van der Waals surface area contributed by atoms with Crippen LogP contribution in [0.4, 0.5) is 5.69 Å². The molecule has 0 aliphatic heterocycles. The summed E-state index contributed by atoms with van der Waals surface area (Å²) in [7, 11) is 0. The van der Waals surface area contributed by atoms with Crippen LogP contribution in [0.1, 0.15) is 57.8 Å². The van der Waals surface area contributed by atoms with Crippen molar-refractivity contribution in [3.8, 4) is 5.75 Å². The van der Waals surface area contributed by atoms with E-state index in [1.54, 1.807) is 0 Å². The number of nitrogens with one attached hydrogen (secondary N) is 2. The van der Waals surface area contributed by atoms with Gasteiger partial charge in [-0.2, -0.15) is 0 Å². The van der Waals surface area contributed by atoms with Crippen molar-refractivity contribution in [2.24, 2.45) is 5.92 Å². The summed E-state index contributed by atoms with van der Waals surface area (Å²) in [4.78, 5) is 24.0. The molecule has 0 bridgehead atoms. The first-order valence-electron chi connectivity index (χ1n) is 9.55. The summed E-state index contributed by atoms with van der Waals surface area (Å²) in [5.41, 5.74) is 0.739. The van der Waals surface area contributed by atoms with Gasteiger partial charge in [-0.25, -0.2) is 0 Å². The van der Waals surface area contributed by atoms with E-state index in [1.807, 2.05) is 24.3 Å². The Balaban J connectivity index is 1.40. The molecule has 2 N–H and O–H groups in total. The molecule has 0 spiro atoms. The molecule has 2 saturated carbocycles. The summed E-state index contributed by atoms with van der Waals surface area (Å²) in [6.07, 6.45) is 9.49. The Morgan fingerprint density at radius 2 is 1.76 bits per heavy atom. The minimum absolute atomic E-state index is 0.0928. The molecule has 0 atom stereocenters. The number of carbonyl (C=O) groups excluding carboxylic acids is 2. The maximum absolute atomic E-state index is 12.1. The maximum Gasteiger partial charge on any atom is 0.226 e. The van der Waals surface area contributed by atoms with Crippen LogP contribution in [-0.4, -0.2) is 24.5 Å². The van der Waals surface area contributed by atoms with E-state index in [1.165, 1.54) is 12.8 Å². The van der Waals surface area contributed by atoms with Crippen LogP contribution < -0.4 is 15.4 Å². The van der Waals surface area contributed by atoms with Gasteiger partial charge in [-0.1, -0.05) is 18.9 Å². The molecular formula is C20H28N2O3. The van der Waals surface area contributed by atoms with Crippen molar-refractivity contribution in [2.45, 2.75) is 63.9 Å². The third-order valence-electron chi connectivity index (χ3n) is 5.10. The van der Waals surface area contributed by atoms with Gasteiger partial charge in [0, 0.05) is 30.6 Å². The number of benzene rings is 1. The van der Waals surface area contributed by atoms with E-state index >= 15 is 0 Å². The Morgan fingerprint density at radius 3 is 2.52 bits per heavy atom. The SMILES string of the molecule is O=C(CCNC(=O)C1CCCC1)Nc1cccc(OC2CCCC2)c1. The summed E-state index contributed by atoms with van der Waals surface area (Å²) in [6.45, 7) is 0.388. The van der Waals surface area contributed by atoms with Crippen LogP contribution in [0.5, 0.6) is 5.75 Å². The molecule has 2 aliphatic carbocycles. The highest BCUT2D eigenvalue weighted by Gasteiger charge is 2.22. The minimum atomic E-state index is -0.0928. The number of hydrogen-bond acceptors (Lipinski definition) is 3. The number of hydrogen-bond donors (Lipinski definition) is 2. The van der Waals surface area contributed by atoms with Gasteiger partial charge < -0.3 is 15.4 Å². The second-order valence-electron chi connectivity index (χ2n) is 7.12. The van der Waals surface area contributed by atoms with Crippen LogP contribution in [-0.2, 0) is 9.59 Å². The highest BCUT2D eigenvalue weighted by molar-refractivity contribution is 5.91. The Bertz CT molecular complexity index is 590. The Kier molecular flexibility index (Phi) is 6.31. The van der Waals surface area contributed by atoms with Gasteiger partial charge in [-0.15, -0.1) is 0 Å². The highest BCUT2D eigenvalue weighted by Crippen LogP contribution is 2.26. The number of carbonyl (C=O) groups is 2. The third-order valence-corrected chi connectivity index (χ3v) is 5.10. The molecule has 0 radical (unpaired) electrons. The predicted octanol–water partition coefficient (Wildman–Crippen LogP) is 3.64. The van der Waals surface area contributed by atoms with Gasteiger partial charge in [0.25, 0.3) is 0 Å². The molecule has 0 aromatic heterocycles. The maximum atomic E-state index is 12.1. The summed E-state index contributed by atoms with van der Waals surface area (Å²) < 4.78 is 5.96. The quantitative estimate of drug-likeness (QED) is 0.793. The molecule has 0 heterocycles. The number of amides is 2. The zero-order valence-electron chi connectivity index (χ0n) is 14.8. The van der Waals surface area contributed by atoms with Crippen molar-refractivity contribution in [1.82, 2.24) is 5.32 Å². The lowest BCUT2D eigenvalue weighted by Gasteiger charge is -2.14. The summed E-state index contributed by atoms with van der Waals surface area (Å²) in [6, 6.07) is 7.54. The van der Waals surface area contributed by atoms with Crippen LogP contribution in [0.15, 0.2) is 24.3 Å². The molecule has 2 amide bonds. The van der Waals surface area contributed by atoms with Crippen LogP contribution in [0.3, 0.4) is 0 Å². The molecule has 1 aromatic carbocycles. The van der Waals surface area contributed by atoms with Crippen LogP contribution in [0, 0.1) is 5.92 Å². The van der Waals surface area contributed by atoms with E-state index in [2.05, 4.69) is 10.6 Å². The monoisotopic (exact) mass is 344 g/mol. The second-order valence-corrected chi connectivity index (χ2v) is 7.12. The molecule has 2 aliphatic rings. The first-order chi connectivity index (χ1) is 12.2. The topological polar surface area (TPSA) is 67.4 Å². The van der Waals surface area contributed by atoms with Crippen molar-refractivity contribution in [1.29, 1.82) is 0 Å². The molecular weight excluding hydrogens is 316 g/mol. The van der Waals surface area contributed by atoms with Gasteiger partial charge in [0.05, 0.1) is 6.10 Å². The van der Waals surface area contributed by atoms with Gasteiger partial charge in [-0.3, -0.25) is 9.59 Å². The number of ether oxygens (including phenoxy) is 1. The van der Waals surface area contributed by atoms with Gasteiger partial charge in [0.1, 0.15) is 5.75 Å². The first-order valence-corrected chi connectivity index (χ1v) is 9.55. The molecule has 2 fully saturated rings. The van der Waals surface area contributed by atoms with Crippen LogP contribution in [0.2, 0.25) is 0 Å². The van der Waals surface area contributed by atoms with Gasteiger partial charge >= 0.3 is 0 Å². The average molecular weight is 344 g/mol. The highest BCUT2D eigenvalue weighted by atomic mass is 16.5. The van der Waals surface area contributed by atoms with Crippen molar-refractivity contribution in [3.63, 3.8) is 0 Å². The van der Waals surface area contributed by atoms with E-state index in [9.17, 15) is 9.59 Å². The number of anilines is 1. The van der Waals surface area contributed by atoms with Crippen molar-refractivity contribution < 1.29 is 14.3 Å². The molecule has 136 valence electrons. The smallest absolute Gasteiger partial charge is 0.226 e. The Labute approximate surface area is 149 Å². The Morgan fingerprint density at radius 1 is 1.04 bits per heavy atom. The normalized spacial score (nSPS) is 18.2. The molecule has 1 aromatic rings. The van der Waals surface area contributed by atoms with Crippen LogP contribution in [0.25, 0.3) is 0 Å². The lowest BCUT2D eigenvalue weighted by Crippen LogP contribution is -2.32. The van der Waals surface area contributed by atoms with Gasteiger partial charge in [-0.05, 0) is 50.7 Å². The lowest BCUT2D eigenvalue weighted by atomic mass is 10.1. The van der Waals surface area contributed by atoms with E-state index in [4.69, 9.17) is 4.74 Å². The van der Waals surface area contributed by atoms with Crippen LogP contribution >= 0.6 is 0 Å². The largest absolute Gasteiger partial charge is 0.490 e. The standard InChI is InChI=1S/C20H28N2O3/c23-19(12-13-21-20(24)15-6-1-2-7-15)22-16-8-5-11-18(14-16)25-17-9-3-4-10-17/h5,8,11,14-15,17H,1-4,6-7,9-10,12-13H2,(H,21,24)(H,22,23). The molecule has 5 heteroatoms.